The van der Waals surface area contributed by atoms with Crippen molar-refractivity contribution in [3.63, 3.8) is 0 Å². The molecule has 2 saturated heterocycles. The monoisotopic (exact) mass is 428 g/mol. The van der Waals surface area contributed by atoms with Crippen LogP contribution in [0, 0.1) is 46.3 Å². The van der Waals surface area contributed by atoms with Crippen molar-refractivity contribution < 1.29 is 9.84 Å². The Morgan fingerprint density at radius 2 is 1.97 bits per heavy atom. The fourth-order valence-electron chi connectivity index (χ4n) is 10.2. The molecule has 2 heterocycles. The van der Waals surface area contributed by atoms with Crippen molar-refractivity contribution in [3.8, 4) is 0 Å². The first-order valence-corrected chi connectivity index (χ1v) is 13.2. The van der Waals surface area contributed by atoms with E-state index in [1.54, 1.807) is 5.57 Å². The highest BCUT2D eigenvalue weighted by atomic mass is 16.6. The van der Waals surface area contributed by atoms with Crippen molar-refractivity contribution in [2.45, 2.75) is 103 Å². The van der Waals surface area contributed by atoms with Crippen LogP contribution in [0.2, 0.25) is 0 Å². The number of rotatable bonds is 0. The van der Waals surface area contributed by atoms with Crippen LogP contribution in [0.4, 0.5) is 0 Å². The van der Waals surface area contributed by atoms with E-state index in [1.165, 1.54) is 32.1 Å². The van der Waals surface area contributed by atoms with Crippen LogP contribution in [0.1, 0.15) is 79.1 Å². The summed E-state index contributed by atoms with van der Waals surface area (Å²) in [4.78, 5) is 0. The Hall–Kier alpha value is -0.420. The first-order chi connectivity index (χ1) is 14.7. The second-order valence-electron chi connectivity index (χ2n) is 13.1. The summed E-state index contributed by atoms with van der Waals surface area (Å²) in [6.07, 6.45) is 12.2. The SMILES string of the molecule is CC1CNC2C(C)C3C(CC4C5CC=C6CC(N)CCC6(C)C5CCC43C)OC2(O)C1. The zero-order valence-electron chi connectivity index (χ0n) is 20.1. The lowest BCUT2D eigenvalue weighted by Gasteiger charge is -2.60. The number of hydrogen-bond acceptors (Lipinski definition) is 4. The van der Waals surface area contributed by atoms with Crippen LogP contribution in [-0.2, 0) is 4.74 Å². The van der Waals surface area contributed by atoms with Crippen LogP contribution >= 0.6 is 0 Å². The zero-order chi connectivity index (χ0) is 21.8. The summed E-state index contributed by atoms with van der Waals surface area (Å²) in [7, 11) is 0. The summed E-state index contributed by atoms with van der Waals surface area (Å²) in [5.74, 6) is 2.79. The van der Waals surface area contributed by atoms with E-state index in [9.17, 15) is 5.11 Å². The van der Waals surface area contributed by atoms with E-state index in [0.29, 0.717) is 34.6 Å². The largest absolute Gasteiger partial charge is 0.364 e. The fourth-order valence-corrected chi connectivity index (χ4v) is 10.2. The van der Waals surface area contributed by atoms with Crippen LogP contribution in [0.3, 0.4) is 0 Å². The van der Waals surface area contributed by atoms with E-state index in [-0.39, 0.29) is 12.1 Å². The summed E-state index contributed by atoms with van der Waals surface area (Å²) >= 11 is 0. The maximum Gasteiger partial charge on any atom is 0.181 e. The summed E-state index contributed by atoms with van der Waals surface area (Å²) < 4.78 is 6.69. The predicted molar refractivity (Wildman–Crippen MR) is 123 cm³/mol. The standard InChI is InChI=1S/C27H44N2O2/c1-15-13-27(30)24(29-14-15)16(2)23-22(31-27)12-21-19-6-5-17-11-18(28)7-9-25(17,3)20(19)8-10-26(21,23)4/h5,15-16,18-24,29-30H,6-14,28H2,1-4H3. The molecule has 2 aliphatic heterocycles. The molecule has 0 amide bonds. The van der Waals surface area contributed by atoms with Crippen molar-refractivity contribution in [1.29, 1.82) is 0 Å². The van der Waals surface area contributed by atoms with Crippen molar-refractivity contribution >= 4 is 0 Å². The minimum Gasteiger partial charge on any atom is -0.364 e. The fraction of sp³-hybridized carbons (Fsp3) is 0.926. The van der Waals surface area contributed by atoms with Gasteiger partial charge in [-0.1, -0.05) is 39.3 Å². The number of hydrogen-bond donors (Lipinski definition) is 3. The highest BCUT2D eigenvalue weighted by molar-refractivity contribution is 5.26. The second kappa shape index (κ2) is 6.81. The smallest absolute Gasteiger partial charge is 0.181 e. The molecule has 12 unspecified atom stereocenters. The maximum absolute atomic E-state index is 11.5. The summed E-state index contributed by atoms with van der Waals surface area (Å²) in [6, 6.07) is 0.445. The molecule has 6 rings (SSSR count). The third kappa shape index (κ3) is 2.80. The van der Waals surface area contributed by atoms with Gasteiger partial charge in [-0.05, 0) is 97.8 Å². The third-order valence-electron chi connectivity index (χ3n) is 11.5. The van der Waals surface area contributed by atoms with E-state index >= 15 is 0 Å². The molecule has 0 aromatic rings. The van der Waals surface area contributed by atoms with Crippen molar-refractivity contribution in [2.24, 2.45) is 52.1 Å². The number of nitrogens with one attached hydrogen (secondary N) is 1. The quantitative estimate of drug-likeness (QED) is 0.505. The van der Waals surface area contributed by atoms with Gasteiger partial charge in [-0.2, -0.15) is 0 Å². The molecule has 0 radical (unpaired) electrons. The summed E-state index contributed by atoms with van der Waals surface area (Å²) in [5, 5.41) is 15.2. The van der Waals surface area contributed by atoms with Crippen molar-refractivity contribution in [3.05, 3.63) is 11.6 Å². The summed E-state index contributed by atoms with van der Waals surface area (Å²) in [6.45, 7) is 10.8. The van der Waals surface area contributed by atoms with Gasteiger partial charge in [0.05, 0.1) is 12.1 Å². The molecule has 0 bridgehead atoms. The number of aliphatic hydroxyl groups is 1. The van der Waals surface area contributed by atoms with E-state index in [1.807, 2.05) is 0 Å². The topological polar surface area (TPSA) is 67.5 Å². The minimum absolute atomic E-state index is 0.0773. The molecule has 5 fully saturated rings. The first kappa shape index (κ1) is 21.1. The molecule has 4 N–H and O–H groups in total. The van der Waals surface area contributed by atoms with Gasteiger partial charge in [-0.25, -0.2) is 0 Å². The van der Waals surface area contributed by atoms with Crippen LogP contribution in [-0.4, -0.2) is 35.6 Å². The molecule has 6 aliphatic rings. The third-order valence-corrected chi connectivity index (χ3v) is 11.5. The molecule has 12 atom stereocenters. The Kier molecular flexibility index (Phi) is 4.64. The Morgan fingerprint density at radius 3 is 2.77 bits per heavy atom. The molecular weight excluding hydrogens is 384 g/mol. The van der Waals surface area contributed by atoms with E-state index in [2.05, 4.69) is 39.1 Å². The van der Waals surface area contributed by atoms with Gasteiger partial charge in [-0.3, -0.25) is 0 Å². The van der Waals surface area contributed by atoms with E-state index < -0.39 is 5.79 Å². The van der Waals surface area contributed by atoms with Crippen molar-refractivity contribution in [2.75, 3.05) is 6.54 Å². The van der Waals surface area contributed by atoms with Gasteiger partial charge in [0, 0.05) is 12.5 Å². The Bertz CT molecular complexity index is 783. The molecule has 174 valence electrons. The lowest BCUT2D eigenvalue weighted by Crippen LogP contribution is -2.68. The van der Waals surface area contributed by atoms with Gasteiger partial charge in [-0.15, -0.1) is 0 Å². The molecule has 4 heteroatoms. The molecule has 4 nitrogen and oxygen atoms in total. The predicted octanol–water partition coefficient (Wildman–Crippen LogP) is 4.22. The van der Waals surface area contributed by atoms with Gasteiger partial charge in [0.25, 0.3) is 0 Å². The van der Waals surface area contributed by atoms with Crippen molar-refractivity contribution in [1.82, 2.24) is 5.32 Å². The molecule has 0 aromatic heterocycles. The van der Waals surface area contributed by atoms with Gasteiger partial charge >= 0.3 is 0 Å². The van der Waals surface area contributed by atoms with Crippen LogP contribution in [0.25, 0.3) is 0 Å². The van der Waals surface area contributed by atoms with Gasteiger partial charge in [0.15, 0.2) is 5.79 Å². The Balaban J connectivity index is 1.32. The molecule has 0 aromatic carbocycles. The Morgan fingerprint density at radius 1 is 1.16 bits per heavy atom. The molecule has 0 spiro atoms. The maximum atomic E-state index is 11.5. The lowest BCUT2D eigenvalue weighted by molar-refractivity contribution is -0.310. The highest BCUT2D eigenvalue weighted by Crippen LogP contribution is 2.69. The van der Waals surface area contributed by atoms with E-state index in [4.69, 9.17) is 10.5 Å². The van der Waals surface area contributed by atoms with Gasteiger partial charge < -0.3 is 20.9 Å². The number of fused-ring (bicyclic) bond motifs is 8. The first-order valence-electron chi connectivity index (χ1n) is 13.2. The van der Waals surface area contributed by atoms with Crippen LogP contribution < -0.4 is 11.1 Å². The lowest BCUT2D eigenvalue weighted by atomic mass is 9.46. The highest BCUT2D eigenvalue weighted by Gasteiger charge is 2.67. The van der Waals surface area contributed by atoms with Crippen LogP contribution in [0.5, 0.6) is 0 Å². The molecule has 4 aliphatic carbocycles. The number of nitrogens with two attached hydrogens (primary N) is 1. The van der Waals surface area contributed by atoms with Crippen LogP contribution in [0.15, 0.2) is 11.6 Å². The average Bonchev–Trinajstić information content (AvgIpc) is 2.99. The van der Waals surface area contributed by atoms with E-state index in [0.717, 1.165) is 43.6 Å². The summed E-state index contributed by atoms with van der Waals surface area (Å²) in [5.41, 5.74) is 8.74. The molecular formula is C27H44N2O2. The normalized spacial score (nSPS) is 60.7. The number of ether oxygens (including phenoxy) is 1. The van der Waals surface area contributed by atoms with Gasteiger partial charge in [0.2, 0.25) is 0 Å². The Labute approximate surface area is 188 Å². The van der Waals surface area contributed by atoms with Gasteiger partial charge in [0.1, 0.15) is 0 Å². The zero-order valence-corrected chi connectivity index (χ0v) is 20.1. The second-order valence-corrected chi connectivity index (χ2v) is 13.1. The minimum atomic E-state index is -0.980. The molecule has 31 heavy (non-hydrogen) atoms. The molecule has 3 saturated carbocycles. The number of piperidine rings is 1. The average molecular weight is 429 g/mol. The number of allylic oxidation sites excluding steroid dienone is 1.